The number of aryl methyl sites for hydroxylation is 1. The van der Waals surface area contributed by atoms with Crippen LogP contribution in [-0.4, -0.2) is 36.3 Å². The molecule has 0 fully saturated rings. The number of carbonyl (C=O) groups excluding carboxylic acids is 1. The van der Waals surface area contributed by atoms with E-state index in [0.29, 0.717) is 18.3 Å². The molecule has 0 radical (unpaired) electrons. The highest BCUT2D eigenvalue weighted by Crippen LogP contribution is 2.13. The van der Waals surface area contributed by atoms with Gasteiger partial charge < -0.3 is 20.9 Å². The molecule has 4 N–H and O–H groups in total. The highest BCUT2D eigenvalue weighted by atomic mass is 16.5. The largest absolute Gasteiger partial charge is 0.491 e. The maximum Gasteiger partial charge on any atom is 0.221 e. The molecular formula is C21H28N2O3. The van der Waals surface area contributed by atoms with E-state index >= 15 is 0 Å². The van der Waals surface area contributed by atoms with E-state index in [4.69, 9.17) is 10.5 Å². The SMILES string of the molecule is CC(CCc1ccccc1)NCC(O)COc1ccc(CC(N)=O)cc1. The number of primary amides is 1. The number of aliphatic hydroxyl groups is 1. The number of carbonyl (C=O) groups is 1. The smallest absolute Gasteiger partial charge is 0.221 e. The standard InChI is InChI=1S/C21H28N2O3/c1-16(7-8-17-5-3-2-4-6-17)23-14-19(24)15-26-20-11-9-18(10-12-20)13-21(22)25/h2-6,9-12,16,19,23-24H,7-8,13-15H2,1H3,(H2,22,25). The van der Waals surface area contributed by atoms with Gasteiger partial charge in [-0.25, -0.2) is 0 Å². The minimum absolute atomic E-state index is 0.216. The van der Waals surface area contributed by atoms with E-state index in [1.165, 1.54) is 5.56 Å². The second-order valence-electron chi connectivity index (χ2n) is 6.59. The molecule has 0 saturated heterocycles. The first-order chi connectivity index (χ1) is 12.5. The Hall–Kier alpha value is -2.37. The van der Waals surface area contributed by atoms with Crippen molar-refractivity contribution in [2.45, 2.75) is 38.3 Å². The van der Waals surface area contributed by atoms with Crippen molar-refractivity contribution < 1.29 is 14.6 Å². The second kappa shape index (κ2) is 10.6. The summed E-state index contributed by atoms with van der Waals surface area (Å²) in [6, 6.07) is 17.9. The van der Waals surface area contributed by atoms with Gasteiger partial charge in [0.2, 0.25) is 5.91 Å². The Labute approximate surface area is 155 Å². The average Bonchev–Trinajstić information content (AvgIpc) is 2.64. The first kappa shape index (κ1) is 19.9. The lowest BCUT2D eigenvalue weighted by Crippen LogP contribution is -2.36. The van der Waals surface area contributed by atoms with Gasteiger partial charge in [0.1, 0.15) is 18.5 Å². The van der Waals surface area contributed by atoms with Crippen LogP contribution in [0.4, 0.5) is 0 Å². The van der Waals surface area contributed by atoms with E-state index in [2.05, 4.69) is 36.5 Å². The van der Waals surface area contributed by atoms with E-state index in [1.54, 1.807) is 24.3 Å². The molecule has 0 aliphatic carbocycles. The Morgan fingerprint density at radius 3 is 2.46 bits per heavy atom. The van der Waals surface area contributed by atoms with Crippen molar-refractivity contribution in [2.24, 2.45) is 5.73 Å². The van der Waals surface area contributed by atoms with Gasteiger partial charge in [-0.3, -0.25) is 4.79 Å². The molecule has 5 nitrogen and oxygen atoms in total. The molecule has 0 aliphatic heterocycles. The topological polar surface area (TPSA) is 84.6 Å². The molecule has 2 aromatic rings. The van der Waals surface area contributed by atoms with Gasteiger partial charge in [-0.1, -0.05) is 42.5 Å². The molecule has 0 heterocycles. The van der Waals surface area contributed by atoms with E-state index in [1.807, 2.05) is 6.07 Å². The molecule has 0 saturated carbocycles. The maximum absolute atomic E-state index is 10.9. The number of benzene rings is 2. The zero-order valence-corrected chi connectivity index (χ0v) is 15.2. The molecule has 5 heteroatoms. The van der Waals surface area contributed by atoms with Gasteiger partial charge in [-0.2, -0.15) is 0 Å². The molecule has 0 bridgehead atoms. The van der Waals surface area contributed by atoms with Crippen LogP contribution < -0.4 is 15.8 Å². The lowest BCUT2D eigenvalue weighted by molar-refractivity contribution is -0.117. The van der Waals surface area contributed by atoms with E-state index in [0.717, 1.165) is 18.4 Å². The van der Waals surface area contributed by atoms with Crippen molar-refractivity contribution in [3.05, 3.63) is 65.7 Å². The van der Waals surface area contributed by atoms with Crippen LogP contribution in [0.25, 0.3) is 0 Å². The van der Waals surface area contributed by atoms with Crippen molar-refractivity contribution >= 4 is 5.91 Å². The third-order valence-electron chi connectivity index (χ3n) is 4.15. The fourth-order valence-electron chi connectivity index (χ4n) is 2.62. The van der Waals surface area contributed by atoms with Gasteiger partial charge in [-0.15, -0.1) is 0 Å². The van der Waals surface area contributed by atoms with Gasteiger partial charge in [0.15, 0.2) is 0 Å². The zero-order valence-electron chi connectivity index (χ0n) is 15.2. The minimum Gasteiger partial charge on any atom is -0.491 e. The third kappa shape index (κ3) is 7.68. The van der Waals surface area contributed by atoms with Crippen molar-refractivity contribution in [1.82, 2.24) is 5.32 Å². The summed E-state index contributed by atoms with van der Waals surface area (Å²) in [6.07, 6.45) is 1.66. The monoisotopic (exact) mass is 356 g/mol. The van der Waals surface area contributed by atoms with Crippen LogP contribution >= 0.6 is 0 Å². The summed E-state index contributed by atoms with van der Waals surface area (Å²) in [5.74, 6) is 0.302. The molecular weight excluding hydrogens is 328 g/mol. The summed E-state index contributed by atoms with van der Waals surface area (Å²) < 4.78 is 5.58. The summed E-state index contributed by atoms with van der Waals surface area (Å²) in [4.78, 5) is 10.9. The molecule has 2 rings (SSSR count). The van der Waals surface area contributed by atoms with Gasteiger partial charge in [0, 0.05) is 12.6 Å². The molecule has 140 valence electrons. The van der Waals surface area contributed by atoms with E-state index < -0.39 is 6.10 Å². The Morgan fingerprint density at radius 1 is 1.12 bits per heavy atom. The zero-order chi connectivity index (χ0) is 18.8. The number of rotatable bonds is 11. The number of ether oxygens (including phenoxy) is 1. The Bertz CT molecular complexity index is 659. The van der Waals surface area contributed by atoms with Gasteiger partial charge in [-0.05, 0) is 43.0 Å². The number of hydrogen-bond acceptors (Lipinski definition) is 4. The van der Waals surface area contributed by atoms with Crippen molar-refractivity contribution in [2.75, 3.05) is 13.2 Å². The quantitative estimate of drug-likeness (QED) is 0.575. The normalized spacial score (nSPS) is 13.2. The first-order valence-electron chi connectivity index (χ1n) is 8.98. The van der Waals surface area contributed by atoms with E-state index in [-0.39, 0.29) is 18.9 Å². The molecule has 26 heavy (non-hydrogen) atoms. The first-order valence-corrected chi connectivity index (χ1v) is 8.98. The van der Waals surface area contributed by atoms with Crippen molar-refractivity contribution in [3.63, 3.8) is 0 Å². The van der Waals surface area contributed by atoms with Crippen LogP contribution in [0.5, 0.6) is 5.75 Å². The highest BCUT2D eigenvalue weighted by Gasteiger charge is 2.09. The molecule has 2 aromatic carbocycles. The maximum atomic E-state index is 10.9. The molecule has 1 amide bonds. The predicted molar refractivity (Wildman–Crippen MR) is 103 cm³/mol. The summed E-state index contributed by atoms with van der Waals surface area (Å²) in [6.45, 7) is 2.82. The van der Waals surface area contributed by atoms with Gasteiger partial charge >= 0.3 is 0 Å². The number of amides is 1. The average molecular weight is 356 g/mol. The third-order valence-corrected chi connectivity index (χ3v) is 4.15. The van der Waals surface area contributed by atoms with Gasteiger partial charge in [0.05, 0.1) is 6.42 Å². The number of nitrogens with two attached hydrogens (primary N) is 1. The van der Waals surface area contributed by atoms with Crippen LogP contribution in [0.2, 0.25) is 0 Å². The Morgan fingerprint density at radius 2 is 1.81 bits per heavy atom. The molecule has 0 aliphatic rings. The Kier molecular flexibility index (Phi) is 8.12. The van der Waals surface area contributed by atoms with Crippen molar-refractivity contribution in [1.29, 1.82) is 0 Å². The number of nitrogens with one attached hydrogen (secondary N) is 1. The number of hydrogen-bond donors (Lipinski definition) is 3. The van der Waals surface area contributed by atoms with Gasteiger partial charge in [0.25, 0.3) is 0 Å². The summed E-state index contributed by atoms with van der Waals surface area (Å²) in [7, 11) is 0. The second-order valence-corrected chi connectivity index (χ2v) is 6.59. The lowest BCUT2D eigenvalue weighted by atomic mass is 10.1. The Balaban J connectivity index is 1.63. The summed E-state index contributed by atoms with van der Waals surface area (Å²) in [5, 5.41) is 13.4. The summed E-state index contributed by atoms with van der Waals surface area (Å²) in [5.41, 5.74) is 7.33. The molecule has 0 aromatic heterocycles. The minimum atomic E-state index is -0.584. The van der Waals surface area contributed by atoms with Crippen LogP contribution in [0.1, 0.15) is 24.5 Å². The van der Waals surface area contributed by atoms with Crippen LogP contribution in [0, 0.1) is 0 Å². The fourth-order valence-corrected chi connectivity index (χ4v) is 2.62. The highest BCUT2D eigenvalue weighted by molar-refractivity contribution is 5.76. The van der Waals surface area contributed by atoms with Crippen LogP contribution in [0.15, 0.2) is 54.6 Å². The van der Waals surface area contributed by atoms with Crippen LogP contribution in [0.3, 0.4) is 0 Å². The lowest BCUT2D eigenvalue weighted by Gasteiger charge is -2.18. The molecule has 2 atom stereocenters. The summed E-state index contributed by atoms with van der Waals surface area (Å²) >= 11 is 0. The predicted octanol–water partition coefficient (Wildman–Crippen LogP) is 2.06. The fraction of sp³-hybridized carbons (Fsp3) is 0.381. The van der Waals surface area contributed by atoms with Crippen molar-refractivity contribution in [3.8, 4) is 5.75 Å². The number of aliphatic hydroxyl groups excluding tert-OH is 1. The molecule has 2 unspecified atom stereocenters. The molecule has 0 spiro atoms. The van der Waals surface area contributed by atoms with Crippen LogP contribution in [-0.2, 0) is 17.6 Å². The van der Waals surface area contributed by atoms with E-state index in [9.17, 15) is 9.90 Å².